The number of amides is 2. The fourth-order valence-electron chi connectivity index (χ4n) is 5.71. The molecule has 4 aromatic carbocycles. The molecule has 0 aliphatic carbocycles. The van der Waals surface area contributed by atoms with E-state index in [1.807, 2.05) is 4.90 Å². The van der Waals surface area contributed by atoms with Crippen LogP contribution in [0.1, 0.15) is 18.4 Å². The van der Waals surface area contributed by atoms with Gasteiger partial charge in [-0.25, -0.2) is 9.97 Å². The van der Waals surface area contributed by atoms with Crippen LogP contribution in [0.4, 0.5) is 5.95 Å². The summed E-state index contributed by atoms with van der Waals surface area (Å²) in [7, 11) is 0. The summed E-state index contributed by atoms with van der Waals surface area (Å²) in [5, 5.41) is 20.1. The molecule has 5 aromatic rings. The number of benzene rings is 4. The van der Waals surface area contributed by atoms with Gasteiger partial charge in [0.15, 0.2) is 0 Å². The zero-order valence-electron chi connectivity index (χ0n) is 21.7. The first-order valence-corrected chi connectivity index (χ1v) is 13.5. The molecule has 1 aliphatic heterocycles. The molecule has 39 heavy (non-hydrogen) atoms. The number of nitrogens with one attached hydrogen (secondary N) is 1. The van der Waals surface area contributed by atoms with Crippen LogP contribution in [0.15, 0.2) is 73.1 Å². The molecule has 2 heterocycles. The molecule has 0 spiro atoms. The predicted molar refractivity (Wildman–Crippen MR) is 153 cm³/mol. The minimum Gasteiger partial charge on any atom is -0.394 e. The fourth-order valence-corrected chi connectivity index (χ4v) is 5.71. The van der Waals surface area contributed by atoms with Crippen molar-refractivity contribution in [1.29, 1.82) is 0 Å². The van der Waals surface area contributed by atoms with E-state index in [2.05, 4.69) is 69.9 Å². The zero-order chi connectivity index (χ0) is 26.8. The van der Waals surface area contributed by atoms with Crippen LogP contribution in [-0.4, -0.2) is 70.6 Å². The number of piperazine rings is 1. The van der Waals surface area contributed by atoms with Gasteiger partial charge in [-0.2, -0.15) is 0 Å². The maximum absolute atomic E-state index is 13.0. The lowest BCUT2D eigenvalue weighted by atomic mass is 9.90. The Labute approximate surface area is 226 Å². The van der Waals surface area contributed by atoms with Gasteiger partial charge in [-0.3, -0.25) is 9.59 Å². The Balaban J connectivity index is 1.05. The highest BCUT2D eigenvalue weighted by molar-refractivity contribution is 6.23. The summed E-state index contributed by atoms with van der Waals surface area (Å²) in [4.78, 5) is 38.0. The van der Waals surface area contributed by atoms with Gasteiger partial charge >= 0.3 is 0 Å². The van der Waals surface area contributed by atoms with Gasteiger partial charge in [0.25, 0.3) is 0 Å². The highest BCUT2D eigenvalue weighted by Crippen LogP contribution is 2.36. The van der Waals surface area contributed by atoms with Gasteiger partial charge in [-0.05, 0) is 56.8 Å². The van der Waals surface area contributed by atoms with Crippen molar-refractivity contribution < 1.29 is 14.7 Å². The quantitative estimate of drug-likeness (QED) is 0.303. The SMILES string of the molecule is O=C(CCCc1ccc2ccc3cccc4ccc1c2c34)NC(CO)C(=O)N1CCN(c2ncccn2)CC1. The van der Waals surface area contributed by atoms with Crippen molar-refractivity contribution >= 4 is 50.1 Å². The molecule has 8 heteroatoms. The number of carbonyl (C=O) groups is 2. The Bertz CT molecular complexity index is 1600. The third-order valence-electron chi connectivity index (χ3n) is 7.71. The van der Waals surface area contributed by atoms with Crippen LogP contribution in [0.25, 0.3) is 32.3 Å². The van der Waals surface area contributed by atoms with Crippen molar-refractivity contribution in [2.75, 3.05) is 37.7 Å². The minimum absolute atomic E-state index is 0.226. The van der Waals surface area contributed by atoms with Crippen LogP contribution in [0.3, 0.4) is 0 Å². The third-order valence-corrected chi connectivity index (χ3v) is 7.71. The molecule has 1 unspecified atom stereocenters. The number of nitrogens with zero attached hydrogens (tertiary/aromatic N) is 4. The summed E-state index contributed by atoms with van der Waals surface area (Å²) in [6.07, 6.45) is 5.08. The molecule has 8 nitrogen and oxygen atoms in total. The molecule has 0 bridgehead atoms. The Morgan fingerprint density at radius 2 is 1.51 bits per heavy atom. The molecule has 1 atom stereocenters. The lowest BCUT2D eigenvalue weighted by Crippen LogP contribution is -2.56. The van der Waals surface area contributed by atoms with Crippen molar-refractivity contribution in [2.45, 2.75) is 25.3 Å². The van der Waals surface area contributed by atoms with E-state index in [1.54, 1.807) is 23.4 Å². The Kier molecular flexibility index (Phi) is 6.94. The normalized spacial score (nSPS) is 14.8. The lowest BCUT2D eigenvalue weighted by molar-refractivity contribution is -0.137. The first-order chi connectivity index (χ1) is 19.1. The van der Waals surface area contributed by atoms with Gasteiger partial charge in [0.1, 0.15) is 6.04 Å². The van der Waals surface area contributed by atoms with Crippen molar-refractivity contribution in [3.8, 4) is 0 Å². The molecular formula is C31H31N5O3. The predicted octanol–water partition coefficient (Wildman–Crippen LogP) is 3.52. The van der Waals surface area contributed by atoms with E-state index in [0.717, 1.165) is 6.42 Å². The number of aliphatic hydroxyl groups excluding tert-OH is 1. The van der Waals surface area contributed by atoms with Gasteiger partial charge < -0.3 is 20.2 Å². The smallest absolute Gasteiger partial charge is 0.247 e. The number of rotatable bonds is 8. The topological polar surface area (TPSA) is 98.7 Å². The number of aryl methyl sites for hydroxylation is 1. The maximum Gasteiger partial charge on any atom is 0.247 e. The van der Waals surface area contributed by atoms with Crippen LogP contribution in [0.5, 0.6) is 0 Å². The standard InChI is InChI=1S/C31H31N5O3/c37-20-26(30(39)35-16-18-36(19-17-35)31-32-14-3-15-33-31)34-27(38)7-2-4-21-8-9-24-11-10-22-5-1-6-23-12-13-25(21)29(24)28(22)23/h1,3,5-6,8-15,26,37H,2,4,7,16-20H2,(H,34,38). The largest absolute Gasteiger partial charge is 0.394 e. The molecule has 198 valence electrons. The summed E-state index contributed by atoms with van der Waals surface area (Å²) < 4.78 is 0. The van der Waals surface area contributed by atoms with Crippen LogP contribution in [-0.2, 0) is 16.0 Å². The summed E-state index contributed by atoms with van der Waals surface area (Å²) in [5.74, 6) is 0.156. The van der Waals surface area contributed by atoms with Crippen LogP contribution >= 0.6 is 0 Å². The Morgan fingerprint density at radius 1 is 0.846 bits per heavy atom. The Hall–Kier alpha value is -4.30. The van der Waals surface area contributed by atoms with Gasteiger partial charge in [-0.15, -0.1) is 0 Å². The van der Waals surface area contributed by atoms with E-state index < -0.39 is 12.6 Å². The zero-order valence-corrected chi connectivity index (χ0v) is 21.7. The van der Waals surface area contributed by atoms with E-state index >= 15 is 0 Å². The van der Waals surface area contributed by atoms with Gasteiger partial charge in [0, 0.05) is 45.0 Å². The van der Waals surface area contributed by atoms with Crippen molar-refractivity contribution in [2.24, 2.45) is 0 Å². The number of aliphatic hydroxyl groups is 1. The molecule has 1 aromatic heterocycles. The average molecular weight is 522 g/mol. The second-order valence-corrected chi connectivity index (χ2v) is 10.1. The molecular weight excluding hydrogens is 490 g/mol. The second-order valence-electron chi connectivity index (χ2n) is 10.1. The molecule has 1 saturated heterocycles. The monoisotopic (exact) mass is 521 g/mol. The van der Waals surface area contributed by atoms with Crippen molar-refractivity contribution in [3.05, 3.63) is 78.6 Å². The van der Waals surface area contributed by atoms with E-state index in [-0.39, 0.29) is 18.2 Å². The van der Waals surface area contributed by atoms with E-state index in [9.17, 15) is 14.7 Å². The number of carbonyl (C=O) groups excluding carboxylic acids is 2. The number of hydrogen-bond acceptors (Lipinski definition) is 6. The molecule has 2 amide bonds. The summed E-state index contributed by atoms with van der Waals surface area (Å²) in [6, 6.07) is 20.2. The average Bonchev–Trinajstić information content (AvgIpc) is 2.99. The van der Waals surface area contributed by atoms with Crippen molar-refractivity contribution in [3.63, 3.8) is 0 Å². The molecule has 0 saturated carbocycles. The molecule has 0 radical (unpaired) electrons. The second kappa shape index (κ2) is 10.8. The van der Waals surface area contributed by atoms with E-state index in [4.69, 9.17) is 0 Å². The number of anilines is 1. The highest BCUT2D eigenvalue weighted by Gasteiger charge is 2.28. The Morgan fingerprint density at radius 3 is 2.23 bits per heavy atom. The summed E-state index contributed by atoms with van der Waals surface area (Å²) in [5.41, 5.74) is 1.21. The number of hydrogen-bond donors (Lipinski definition) is 2. The van der Waals surface area contributed by atoms with Crippen LogP contribution in [0, 0.1) is 0 Å². The van der Waals surface area contributed by atoms with E-state index in [0.29, 0.717) is 38.5 Å². The summed E-state index contributed by atoms with van der Waals surface area (Å²) >= 11 is 0. The fraction of sp³-hybridized carbons (Fsp3) is 0.290. The maximum atomic E-state index is 13.0. The van der Waals surface area contributed by atoms with Gasteiger partial charge in [0.05, 0.1) is 6.61 Å². The first-order valence-electron chi connectivity index (χ1n) is 13.5. The summed E-state index contributed by atoms with van der Waals surface area (Å²) in [6.45, 7) is 1.74. The number of aromatic nitrogens is 2. The molecule has 1 fully saturated rings. The highest BCUT2D eigenvalue weighted by atomic mass is 16.3. The molecule has 6 rings (SSSR count). The first kappa shape index (κ1) is 25.0. The van der Waals surface area contributed by atoms with E-state index in [1.165, 1.54) is 37.9 Å². The minimum atomic E-state index is -0.938. The third kappa shape index (κ3) is 4.95. The molecule has 2 N–H and O–H groups in total. The van der Waals surface area contributed by atoms with Gasteiger partial charge in [-0.1, -0.05) is 54.6 Å². The van der Waals surface area contributed by atoms with Gasteiger partial charge in [0.2, 0.25) is 17.8 Å². The van der Waals surface area contributed by atoms with Crippen LogP contribution < -0.4 is 10.2 Å². The lowest BCUT2D eigenvalue weighted by Gasteiger charge is -2.36. The van der Waals surface area contributed by atoms with Crippen molar-refractivity contribution in [1.82, 2.24) is 20.2 Å². The molecule has 1 aliphatic rings. The van der Waals surface area contributed by atoms with Crippen LogP contribution in [0.2, 0.25) is 0 Å².